The van der Waals surface area contributed by atoms with Gasteiger partial charge in [0, 0.05) is 41.8 Å². The Bertz CT molecular complexity index is 1490. The first-order chi connectivity index (χ1) is 18.8. The van der Waals surface area contributed by atoms with Gasteiger partial charge >= 0.3 is 0 Å². The summed E-state index contributed by atoms with van der Waals surface area (Å²) >= 11 is 0. The molecule has 0 spiro atoms. The van der Waals surface area contributed by atoms with Gasteiger partial charge in [-0.2, -0.15) is 0 Å². The third kappa shape index (κ3) is 4.98. The summed E-state index contributed by atoms with van der Waals surface area (Å²) in [5, 5.41) is 14.4. The molecule has 192 valence electrons. The molecule has 38 heavy (non-hydrogen) atoms. The lowest BCUT2D eigenvalue weighted by molar-refractivity contribution is -0.0443. The van der Waals surface area contributed by atoms with Gasteiger partial charge < -0.3 is 14.0 Å². The van der Waals surface area contributed by atoms with Crippen LogP contribution in [0.1, 0.15) is 42.9 Å². The Morgan fingerprint density at radius 3 is 2.55 bits per heavy atom. The second-order valence-electron chi connectivity index (χ2n) is 9.31. The highest BCUT2D eigenvalue weighted by atomic mass is 16.7. The second kappa shape index (κ2) is 11.0. The third-order valence-electron chi connectivity index (χ3n) is 6.75. The van der Waals surface area contributed by atoms with Crippen LogP contribution < -0.4 is 0 Å². The first-order valence-corrected chi connectivity index (χ1v) is 13.0. The fourth-order valence-corrected chi connectivity index (χ4v) is 4.81. The van der Waals surface area contributed by atoms with Crippen LogP contribution in [0.25, 0.3) is 33.9 Å². The standard InChI is InChI=1S/C29H29N7O2/c1-2-3-8-26-25(17-22(18-31-26)29-37-15-16-38-29)28-30-13-14-36(28)19-20-9-11-21(12-10-20)23-6-4-5-7-24(23)27-32-34-35-33-27/h4-7,9-14,17-18,29H,2-3,8,15-16,19H2,1H3,(H,32,33,34,35). The normalized spacial score (nSPS) is 13.8. The quantitative estimate of drug-likeness (QED) is 0.291. The van der Waals surface area contributed by atoms with Gasteiger partial charge in [0.2, 0.25) is 0 Å². The summed E-state index contributed by atoms with van der Waals surface area (Å²) in [7, 11) is 0. The van der Waals surface area contributed by atoms with Gasteiger partial charge in [-0.15, -0.1) is 5.10 Å². The molecule has 4 heterocycles. The fraction of sp³-hybridized carbons (Fsp3) is 0.276. The highest BCUT2D eigenvalue weighted by Crippen LogP contribution is 2.31. The number of hydrogen-bond donors (Lipinski definition) is 1. The molecule has 9 heteroatoms. The zero-order valence-electron chi connectivity index (χ0n) is 21.2. The van der Waals surface area contributed by atoms with E-state index in [0.717, 1.165) is 58.6 Å². The molecular weight excluding hydrogens is 478 g/mol. The van der Waals surface area contributed by atoms with Crippen LogP contribution in [0.3, 0.4) is 0 Å². The Labute approximate surface area is 220 Å². The highest BCUT2D eigenvalue weighted by Gasteiger charge is 2.22. The summed E-state index contributed by atoms with van der Waals surface area (Å²) in [6.07, 6.45) is 8.47. The summed E-state index contributed by atoms with van der Waals surface area (Å²) in [6, 6.07) is 18.8. The number of pyridine rings is 1. The Morgan fingerprint density at radius 1 is 0.974 bits per heavy atom. The number of unbranched alkanes of at least 4 members (excludes halogenated alkanes) is 1. The molecule has 1 aliphatic heterocycles. The first-order valence-electron chi connectivity index (χ1n) is 13.0. The number of H-pyrrole nitrogens is 1. The molecule has 6 rings (SSSR count). The molecule has 1 fully saturated rings. The molecule has 9 nitrogen and oxygen atoms in total. The Kier molecular flexibility index (Phi) is 7.01. The highest BCUT2D eigenvalue weighted by molar-refractivity contribution is 5.80. The van der Waals surface area contributed by atoms with Crippen molar-refractivity contribution in [1.82, 2.24) is 35.2 Å². The number of imidazole rings is 1. The molecule has 2 aromatic carbocycles. The van der Waals surface area contributed by atoms with Crippen molar-refractivity contribution >= 4 is 0 Å². The van der Waals surface area contributed by atoms with E-state index in [1.54, 1.807) is 0 Å². The minimum Gasteiger partial charge on any atom is -0.346 e. The number of hydrogen-bond acceptors (Lipinski definition) is 7. The largest absolute Gasteiger partial charge is 0.346 e. The molecule has 5 aromatic rings. The number of aromatic amines is 1. The third-order valence-corrected chi connectivity index (χ3v) is 6.75. The van der Waals surface area contributed by atoms with Crippen LogP contribution in [0, 0.1) is 0 Å². The van der Waals surface area contributed by atoms with E-state index in [1.807, 2.05) is 36.8 Å². The molecule has 0 aliphatic carbocycles. The number of ether oxygens (including phenoxy) is 2. The predicted octanol–water partition coefficient (Wildman–Crippen LogP) is 5.23. The van der Waals surface area contributed by atoms with Crippen molar-refractivity contribution in [1.29, 1.82) is 0 Å². The Hall–Kier alpha value is -4.21. The van der Waals surface area contributed by atoms with E-state index in [4.69, 9.17) is 19.4 Å². The molecule has 3 aromatic heterocycles. The average Bonchev–Trinajstić information content (AvgIpc) is 3.76. The number of nitrogens with zero attached hydrogens (tertiary/aromatic N) is 6. The number of benzene rings is 2. The van der Waals surface area contributed by atoms with E-state index in [-0.39, 0.29) is 6.29 Å². The van der Waals surface area contributed by atoms with Gasteiger partial charge in [0.05, 0.1) is 18.9 Å². The number of aromatic nitrogens is 7. The summed E-state index contributed by atoms with van der Waals surface area (Å²) in [5.41, 5.74) is 7.32. The van der Waals surface area contributed by atoms with Gasteiger partial charge in [0.25, 0.3) is 0 Å². The summed E-state index contributed by atoms with van der Waals surface area (Å²) in [4.78, 5) is 9.55. The van der Waals surface area contributed by atoms with Crippen molar-refractivity contribution in [2.24, 2.45) is 0 Å². The van der Waals surface area contributed by atoms with Crippen molar-refractivity contribution in [2.75, 3.05) is 13.2 Å². The van der Waals surface area contributed by atoms with Gasteiger partial charge in [-0.25, -0.2) is 10.1 Å². The van der Waals surface area contributed by atoms with Crippen molar-refractivity contribution in [3.8, 4) is 33.9 Å². The second-order valence-corrected chi connectivity index (χ2v) is 9.31. The number of tetrazole rings is 1. The van der Waals surface area contributed by atoms with Crippen LogP contribution in [-0.4, -0.2) is 48.4 Å². The van der Waals surface area contributed by atoms with Crippen molar-refractivity contribution in [3.63, 3.8) is 0 Å². The lowest BCUT2D eigenvalue weighted by Crippen LogP contribution is -2.07. The molecule has 0 bridgehead atoms. The summed E-state index contributed by atoms with van der Waals surface area (Å²) < 4.78 is 13.6. The number of rotatable bonds is 9. The molecule has 1 N–H and O–H groups in total. The van der Waals surface area contributed by atoms with E-state index in [0.29, 0.717) is 25.6 Å². The van der Waals surface area contributed by atoms with E-state index in [9.17, 15) is 0 Å². The monoisotopic (exact) mass is 507 g/mol. The summed E-state index contributed by atoms with van der Waals surface area (Å²) in [6.45, 7) is 4.08. The molecule has 1 aliphatic rings. The minimum absolute atomic E-state index is 0.368. The molecule has 1 saturated heterocycles. The predicted molar refractivity (Wildman–Crippen MR) is 143 cm³/mol. The molecule has 0 atom stereocenters. The van der Waals surface area contributed by atoms with Crippen molar-refractivity contribution < 1.29 is 9.47 Å². The van der Waals surface area contributed by atoms with Crippen LogP contribution in [0.15, 0.2) is 73.2 Å². The lowest BCUT2D eigenvalue weighted by atomic mass is 9.98. The van der Waals surface area contributed by atoms with Crippen LogP contribution in [-0.2, 0) is 22.4 Å². The maximum atomic E-state index is 5.74. The zero-order valence-corrected chi connectivity index (χ0v) is 21.2. The maximum absolute atomic E-state index is 5.74. The molecule has 0 amide bonds. The molecule has 0 radical (unpaired) electrons. The molecule has 0 unspecified atom stereocenters. The Morgan fingerprint density at radius 2 is 1.79 bits per heavy atom. The lowest BCUT2D eigenvalue weighted by Gasteiger charge is -2.15. The van der Waals surface area contributed by atoms with Gasteiger partial charge in [-0.3, -0.25) is 4.98 Å². The van der Waals surface area contributed by atoms with E-state index >= 15 is 0 Å². The van der Waals surface area contributed by atoms with Gasteiger partial charge in [0.15, 0.2) is 12.1 Å². The van der Waals surface area contributed by atoms with Crippen molar-refractivity contribution in [2.45, 2.75) is 39.0 Å². The van der Waals surface area contributed by atoms with Gasteiger partial charge in [-0.05, 0) is 46.0 Å². The maximum Gasteiger partial charge on any atom is 0.185 e. The van der Waals surface area contributed by atoms with Crippen LogP contribution in [0.4, 0.5) is 0 Å². The Balaban J connectivity index is 1.28. The van der Waals surface area contributed by atoms with Crippen molar-refractivity contribution in [3.05, 3.63) is 90.0 Å². The van der Waals surface area contributed by atoms with E-state index in [2.05, 4.69) is 68.5 Å². The average molecular weight is 508 g/mol. The van der Waals surface area contributed by atoms with E-state index in [1.165, 1.54) is 5.56 Å². The zero-order chi connectivity index (χ0) is 25.7. The fourth-order valence-electron chi connectivity index (χ4n) is 4.81. The molecule has 0 saturated carbocycles. The van der Waals surface area contributed by atoms with Crippen LogP contribution in [0.2, 0.25) is 0 Å². The summed E-state index contributed by atoms with van der Waals surface area (Å²) in [5.74, 6) is 1.55. The topological polar surface area (TPSA) is 104 Å². The molecular formula is C29H29N7O2. The first kappa shape index (κ1) is 24.1. The smallest absolute Gasteiger partial charge is 0.185 e. The SMILES string of the molecule is CCCCc1ncc(C2OCCO2)cc1-c1nccn1Cc1ccc(-c2ccccc2-c2nnn[nH]2)cc1. The van der Waals surface area contributed by atoms with Gasteiger partial charge in [-0.1, -0.05) is 61.9 Å². The van der Waals surface area contributed by atoms with Gasteiger partial charge in [0.1, 0.15) is 5.82 Å². The van der Waals surface area contributed by atoms with Crippen LogP contribution in [0.5, 0.6) is 0 Å². The van der Waals surface area contributed by atoms with Crippen LogP contribution >= 0.6 is 0 Å². The van der Waals surface area contributed by atoms with E-state index < -0.39 is 0 Å². The number of nitrogens with one attached hydrogen (secondary N) is 1. The number of aryl methyl sites for hydroxylation is 1. The minimum atomic E-state index is -0.368.